The van der Waals surface area contributed by atoms with Crippen LogP contribution in [-0.2, 0) is 0 Å². The molecule has 2 fully saturated rings. The van der Waals surface area contributed by atoms with E-state index in [1.54, 1.807) is 4.90 Å². The average Bonchev–Trinajstić information content (AvgIpc) is 3.60. The van der Waals surface area contributed by atoms with Crippen molar-refractivity contribution in [2.45, 2.75) is 24.9 Å². The molecule has 0 spiro atoms. The molecule has 5 rings (SSSR count). The summed E-state index contributed by atoms with van der Waals surface area (Å²) in [5, 5.41) is 12.5. The molecule has 0 radical (unpaired) electrons. The van der Waals surface area contributed by atoms with Crippen molar-refractivity contribution >= 4 is 22.6 Å². The minimum atomic E-state index is -1.40. The van der Waals surface area contributed by atoms with Gasteiger partial charge >= 0.3 is 5.97 Å². The van der Waals surface area contributed by atoms with Gasteiger partial charge in [0.25, 0.3) is 0 Å². The maximum absolute atomic E-state index is 15.8. The Kier molecular flexibility index (Phi) is 4.74. The summed E-state index contributed by atoms with van der Waals surface area (Å²) in [6.45, 7) is 1.32. The van der Waals surface area contributed by atoms with Gasteiger partial charge < -0.3 is 19.9 Å². The van der Waals surface area contributed by atoms with E-state index in [0.717, 1.165) is 24.5 Å². The topological polar surface area (TPSA) is 74.6 Å². The third-order valence-corrected chi connectivity index (χ3v) is 6.05. The van der Waals surface area contributed by atoms with E-state index in [1.165, 1.54) is 10.8 Å². The largest absolute Gasteiger partial charge is 0.477 e. The van der Waals surface area contributed by atoms with Crippen LogP contribution in [0.15, 0.2) is 47.4 Å². The second-order valence-corrected chi connectivity index (χ2v) is 8.10. The fourth-order valence-corrected chi connectivity index (χ4v) is 4.38. The number of carboxylic acid groups (broad SMARTS) is 1. The van der Waals surface area contributed by atoms with E-state index in [1.807, 2.05) is 30.3 Å². The molecule has 1 saturated heterocycles. The van der Waals surface area contributed by atoms with E-state index in [-0.39, 0.29) is 28.7 Å². The SMILES string of the molecule is O=C(O)c1cn(C2CC2)c2c(F)c(N3CCNC(c4ccccc4)C3)c(F)cc2c1=O. The van der Waals surface area contributed by atoms with Crippen molar-refractivity contribution in [1.29, 1.82) is 0 Å². The van der Waals surface area contributed by atoms with E-state index >= 15 is 8.78 Å². The summed E-state index contributed by atoms with van der Waals surface area (Å²) >= 11 is 0. The molecule has 1 aliphatic carbocycles. The second-order valence-electron chi connectivity index (χ2n) is 8.10. The Bertz CT molecular complexity index is 1240. The number of fused-ring (bicyclic) bond motifs is 1. The fraction of sp³-hybridized carbons (Fsp3) is 0.304. The number of piperazine rings is 1. The van der Waals surface area contributed by atoms with Gasteiger partial charge in [-0.05, 0) is 24.5 Å². The molecule has 3 aromatic rings. The number of hydrogen-bond acceptors (Lipinski definition) is 4. The number of nitrogens with zero attached hydrogens (tertiary/aromatic N) is 2. The number of benzene rings is 2. The molecule has 0 amide bonds. The minimum Gasteiger partial charge on any atom is -0.477 e. The zero-order valence-electron chi connectivity index (χ0n) is 16.6. The number of anilines is 1. The van der Waals surface area contributed by atoms with Crippen molar-refractivity contribution in [3.05, 3.63) is 75.6 Å². The number of aromatic nitrogens is 1. The van der Waals surface area contributed by atoms with Crippen molar-refractivity contribution in [3.8, 4) is 0 Å². The third kappa shape index (κ3) is 3.37. The average molecular weight is 425 g/mol. The second kappa shape index (κ2) is 7.46. The number of pyridine rings is 1. The van der Waals surface area contributed by atoms with Crippen LogP contribution in [-0.4, -0.2) is 35.3 Å². The number of carboxylic acids is 1. The number of rotatable bonds is 4. The van der Waals surface area contributed by atoms with Gasteiger partial charge in [0.1, 0.15) is 17.1 Å². The van der Waals surface area contributed by atoms with Crippen LogP contribution >= 0.6 is 0 Å². The van der Waals surface area contributed by atoms with E-state index in [2.05, 4.69) is 5.32 Å². The number of halogens is 2. The molecule has 160 valence electrons. The van der Waals surface area contributed by atoms with E-state index in [4.69, 9.17) is 0 Å². The Hall–Kier alpha value is -3.26. The molecule has 2 aliphatic rings. The predicted octanol–water partition coefficient (Wildman–Crippen LogP) is 3.46. The molecular weight excluding hydrogens is 404 g/mol. The van der Waals surface area contributed by atoms with Crippen molar-refractivity contribution in [1.82, 2.24) is 9.88 Å². The molecule has 2 N–H and O–H groups in total. The zero-order chi connectivity index (χ0) is 21.7. The maximum Gasteiger partial charge on any atom is 0.341 e. The Morgan fingerprint density at radius 2 is 1.90 bits per heavy atom. The highest BCUT2D eigenvalue weighted by atomic mass is 19.1. The lowest BCUT2D eigenvalue weighted by atomic mass is 10.0. The molecule has 2 aromatic carbocycles. The van der Waals surface area contributed by atoms with Gasteiger partial charge in [-0.3, -0.25) is 4.79 Å². The summed E-state index contributed by atoms with van der Waals surface area (Å²) in [4.78, 5) is 25.8. The van der Waals surface area contributed by atoms with Gasteiger partial charge in [0.15, 0.2) is 5.82 Å². The highest BCUT2D eigenvalue weighted by molar-refractivity contribution is 5.94. The van der Waals surface area contributed by atoms with Crippen LogP contribution in [0.2, 0.25) is 0 Å². The summed E-state index contributed by atoms with van der Waals surface area (Å²) in [6.07, 6.45) is 2.71. The van der Waals surface area contributed by atoms with E-state index < -0.39 is 28.6 Å². The maximum atomic E-state index is 15.8. The normalized spacial score (nSPS) is 19.0. The number of hydrogen-bond donors (Lipinski definition) is 2. The molecule has 1 aliphatic heterocycles. The number of aromatic carboxylic acids is 1. The van der Waals surface area contributed by atoms with Crippen LogP contribution in [0.5, 0.6) is 0 Å². The summed E-state index contributed by atoms with van der Waals surface area (Å²) < 4.78 is 32.4. The molecule has 31 heavy (non-hydrogen) atoms. The summed E-state index contributed by atoms with van der Waals surface area (Å²) in [7, 11) is 0. The fourth-order valence-electron chi connectivity index (χ4n) is 4.38. The first-order valence-electron chi connectivity index (χ1n) is 10.3. The van der Waals surface area contributed by atoms with Crippen LogP contribution in [0.3, 0.4) is 0 Å². The lowest BCUT2D eigenvalue weighted by Gasteiger charge is -2.36. The van der Waals surface area contributed by atoms with Crippen LogP contribution in [0, 0.1) is 11.6 Å². The smallest absolute Gasteiger partial charge is 0.341 e. The Morgan fingerprint density at radius 1 is 1.16 bits per heavy atom. The van der Waals surface area contributed by atoms with Crippen LogP contribution < -0.4 is 15.6 Å². The molecule has 0 bridgehead atoms. The van der Waals surface area contributed by atoms with Gasteiger partial charge in [0.05, 0.1) is 10.9 Å². The summed E-state index contributed by atoms with van der Waals surface area (Å²) in [5.74, 6) is -3.08. The van der Waals surface area contributed by atoms with Gasteiger partial charge in [-0.1, -0.05) is 30.3 Å². The van der Waals surface area contributed by atoms with E-state index in [9.17, 15) is 14.7 Å². The molecule has 1 aromatic heterocycles. The lowest BCUT2D eigenvalue weighted by Crippen LogP contribution is -2.46. The van der Waals surface area contributed by atoms with Crippen molar-refractivity contribution in [2.75, 3.05) is 24.5 Å². The van der Waals surface area contributed by atoms with Gasteiger partial charge in [-0.2, -0.15) is 0 Å². The monoisotopic (exact) mass is 425 g/mol. The Balaban J connectivity index is 1.65. The Labute approximate surface area is 176 Å². The van der Waals surface area contributed by atoms with Crippen molar-refractivity contribution in [2.24, 2.45) is 0 Å². The first-order valence-corrected chi connectivity index (χ1v) is 10.3. The highest BCUT2D eigenvalue weighted by Crippen LogP contribution is 2.40. The minimum absolute atomic E-state index is 0.0244. The van der Waals surface area contributed by atoms with Gasteiger partial charge in [-0.25, -0.2) is 13.6 Å². The standard InChI is InChI=1S/C23H21F2N3O3/c24-17-10-15-20(28(14-6-7-14)11-16(22(15)29)23(30)31)19(25)21(17)27-9-8-26-18(12-27)13-4-2-1-3-5-13/h1-5,10-11,14,18,26H,6-9,12H2,(H,30,31). The molecule has 8 heteroatoms. The van der Waals surface area contributed by atoms with Gasteiger partial charge in [0.2, 0.25) is 5.43 Å². The third-order valence-electron chi connectivity index (χ3n) is 6.05. The van der Waals surface area contributed by atoms with Gasteiger partial charge in [0, 0.05) is 37.9 Å². The summed E-state index contributed by atoms with van der Waals surface area (Å²) in [6, 6.07) is 10.5. The first kappa shape index (κ1) is 19.7. The molecular formula is C23H21F2N3O3. The predicted molar refractivity (Wildman–Crippen MR) is 113 cm³/mol. The summed E-state index contributed by atoms with van der Waals surface area (Å²) in [5.41, 5.74) is -0.520. The van der Waals surface area contributed by atoms with Crippen molar-refractivity contribution < 1.29 is 18.7 Å². The molecule has 2 heterocycles. The highest BCUT2D eigenvalue weighted by Gasteiger charge is 2.32. The number of carbonyl (C=O) groups is 1. The first-order chi connectivity index (χ1) is 15.0. The van der Waals surface area contributed by atoms with Crippen molar-refractivity contribution in [3.63, 3.8) is 0 Å². The zero-order valence-corrected chi connectivity index (χ0v) is 16.6. The van der Waals surface area contributed by atoms with Gasteiger partial charge in [-0.15, -0.1) is 0 Å². The van der Waals surface area contributed by atoms with Crippen LogP contribution in [0.4, 0.5) is 14.5 Å². The molecule has 6 nitrogen and oxygen atoms in total. The Morgan fingerprint density at radius 3 is 2.58 bits per heavy atom. The van der Waals surface area contributed by atoms with E-state index in [0.29, 0.717) is 19.6 Å². The quantitative estimate of drug-likeness (QED) is 0.670. The molecule has 1 saturated carbocycles. The molecule has 1 atom stereocenters. The molecule has 1 unspecified atom stereocenters. The lowest BCUT2D eigenvalue weighted by molar-refractivity contribution is 0.0694. The van der Waals surface area contributed by atoms with Crippen LogP contribution in [0.1, 0.15) is 40.8 Å². The number of nitrogens with one attached hydrogen (secondary N) is 1. The van der Waals surface area contributed by atoms with Crippen LogP contribution in [0.25, 0.3) is 10.9 Å².